The van der Waals surface area contributed by atoms with Crippen LogP contribution in [0.15, 0.2) is 67.3 Å². The van der Waals surface area contributed by atoms with E-state index in [1.54, 1.807) is 24.3 Å². The Morgan fingerprint density at radius 1 is 1.19 bits per heavy atom. The van der Waals surface area contributed by atoms with Crippen molar-refractivity contribution in [2.45, 2.75) is 12.5 Å². The second-order valence-electron chi connectivity index (χ2n) is 6.00. The lowest BCUT2D eigenvalue weighted by atomic mass is 10.2. The summed E-state index contributed by atoms with van der Waals surface area (Å²) in [5, 5.41) is 2.71. The van der Waals surface area contributed by atoms with E-state index in [0.717, 1.165) is 4.90 Å². The molecule has 0 bridgehead atoms. The molecular formula is C20H18FN3O3. The molecule has 0 spiro atoms. The predicted octanol–water partition coefficient (Wildman–Crippen LogP) is 3.18. The van der Waals surface area contributed by atoms with Gasteiger partial charge in [0.2, 0.25) is 5.91 Å². The number of hydrogen-bond acceptors (Lipinski definition) is 3. The van der Waals surface area contributed by atoms with Crippen LogP contribution in [0.5, 0.6) is 0 Å². The third-order valence-corrected chi connectivity index (χ3v) is 4.20. The Morgan fingerprint density at radius 3 is 2.48 bits per heavy atom. The zero-order valence-corrected chi connectivity index (χ0v) is 14.5. The molecule has 1 aliphatic rings. The van der Waals surface area contributed by atoms with Gasteiger partial charge in [0.25, 0.3) is 5.91 Å². The van der Waals surface area contributed by atoms with Crippen LogP contribution in [0.1, 0.15) is 6.42 Å². The Morgan fingerprint density at radius 2 is 1.85 bits per heavy atom. The fourth-order valence-corrected chi connectivity index (χ4v) is 2.93. The number of nitrogens with one attached hydrogen (secondary N) is 1. The quantitative estimate of drug-likeness (QED) is 0.652. The molecule has 1 N–H and O–H groups in total. The molecule has 6 nitrogen and oxygen atoms in total. The fraction of sp³-hybridized carbons (Fsp3) is 0.150. The number of para-hydroxylation sites is 1. The van der Waals surface area contributed by atoms with E-state index in [0.29, 0.717) is 5.69 Å². The van der Waals surface area contributed by atoms with Gasteiger partial charge < -0.3 is 10.2 Å². The highest BCUT2D eigenvalue weighted by molar-refractivity contribution is 6.23. The van der Waals surface area contributed by atoms with Gasteiger partial charge in [0.1, 0.15) is 11.9 Å². The van der Waals surface area contributed by atoms with Crippen molar-refractivity contribution in [1.29, 1.82) is 0 Å². The van der Waals surface area contributed by atoms with Crippen LogP contribution in [0.3, 0.4) is 0 Å². The van der Waals surface area contributed by atoms with Crippen LogP contribution in [0.2, 0.25) is 0 Å². The van der Waals surface area contributed by atoms with E-state index in [-0.39, 0.29) is 18.7 Å². The molecule has 4 amide bonds. The Hall–Kier alpha value is -3.48. The molecule has 3 rings (SSSR count). The van der Waals surface area contributed by atoms with Gasteiger partial charge in [-0.15, -0.1) is 6.58 Å². The van der Waals surface area contributed by atoms with Gasteiger partial charge in [-0.05, 0) is 36.4 Å². The van der Waals surface area contributed by atoms with Gasteiger partial charge in [-0.25, -0.2) is 14.1 Å². The number of urea groups is 1. The van der Waals surface area contributed by atoms with Crippen LogP contribution >= 0.6 is 0 Å². The highest BCUT2D eigenvalue weighted by Gasteiger charge is 2.44. The smallest absolute Gasteiger partial charge is 0.308 e. The first kappa shape index (κ1) is 18.3. The van der Waals surface area contributed by atoms with Crippen molar-refractivity contribution in [3.8, 4) is 0 Å². The van der Waals surface area contributed by atoms with Gasteiger partial charge in [-0.1, -0.05) is 24.3 Å². The molecule has 2 aromatic rings. The van der Waals surface area contributed by atoms with E-state index in [9.17, 15) is 18.8 Å². The van der Waals surface area contributed by atoms with E-state index >= 15 is 0 Å². The number of benzene rings is 2. The summed E-state index contributed by atoms with van der Waals surface area (Å²) in [6.45, 7) is 3.72. The number of carbonyl (C=O) groups is 3. The lowest BCUT2D eigenvalue weighted by Crippen LogP contribution is -2.47. The molecule has 0 saturated carbocycles. The van der Waals surface area contributed by atoms with Crippen molar-refractivity contribution in [3.05, 3.63) is 73.1 Å². The van der Waals surface area contributed by atoms with E-state index in [2.05, 4.69) is 11.9 Å². The molecule has 1 unspecified atom stereocenters. The number of carbonyl (C=O) groups excluding carboxylic acids is 3. The van der Waals surface area contributed by atoms with Gasteiger partial charge >= 0.3 is 6.03 Å². The minimum absolute atomic E-state index is 0.0968. The molecule has 27 heavy (non-hydrogen) atoms. The standard InChI is InChI=1S/C20H18FN3O3/c1-2-12-23(20(27)22-15-6-4-3-5-7-15)17-13-18(25)24(19(17)26)16-10-8-14(21)9-11-16/h2-11,17H,1,12-13H2,(H,22,27). The summed E-state index contributed by atoms with van der Waals surface area (Å²) in [6, 6.07) is 12.4. The number of halogens is 1. The molecule has 0 radical (unpaired) electrons. The van der Waals surface area contributed by atoms with Gasteiger partial charge in [-0.3, -0.25) is 9.59 Å². The fourth-order valence-electron chi connectivity index (χ4n) is 2.93. The number of hydrogen-bond donors (Lipinski definition) is 1. The van der Waals surface area contributed by atoms with E-state index < -0.39 is 29.7 Å². The van der Waals surface area contributed by atoms with Crippen LogP contribution in [0.4, 0.5) is 20.6 Å². The van der Waals surface area contributed by atoms with Crippen molar-refractivity contribution in [2.24, 2.45) is 0 Å². The van der Waals surface area contributed by atoms with Crippen LogP contribution in [0.25, 0.3) is 0 Å². The number of nitrogens with zero attached hydrogens (tertiary/aromatic N) is 2. The van der Waals surface area contributed by atoms with Gasteiger partial charge in [0.15, 0.2) is 0 Å². The lowest BCUT2D eigenvalue weighted by Gasteiger charge is -2.26. The van der Waals surface area contributed by atoms with Crippen molar-refractivity contribution in [1.82, 2.24) is 4.90 Å². The third kappa shape index (κ3) is 3.87. The van der Waals surface area contributed by atoms with Gasteiger partial charge in [0, 0.05) is 12.2 Å². The van der Waals surface area contributed by atoms with E-state index in [1.165, 1.54) is 35.2 Å². The van der Waals surface area contributed by atoms with Crippen molar-refractivity contribution in [2.75, 3.05) is 16.8 Å². The lowest BCUT2D eigenvalue weighted by molar-refractivity contribution is -0.122. The first-order chi connectivity index (χ1) is 13.0. The van der Waals surface area contributed by atoms with Crippen molar-refractivity contribution in [3.63, 3.8) is 0 Å². The minimum Gasteiger partial charge on any atom is -0.308 e. The molecule has 1 aliphatic heterocycles. The first-order valence-electron chi connectivity index (χ1n) is 8.37. The third-order valence-electron chi connectivity index (χ3n) is 4.20. The SMILES string of the molecule is C=CCN(C(=O)Nc1ccccc1)C1CC(=O)N(c2ccc(F)cc2)C1=O. The van der Waals surface area contributed by atoms with Crippen LogP contribution in [-0.4, -0.2) is 35.3 Å². The number of amides is 4. The van der Waals surface area contributed by atoms with Gasteiger partial charge in [0.05, 0.1) is 12.1 Å². The maximum Gasteiger partial charge on any atom is 0.322 e. The number of anilines is 2. The topological polar surface area (TPSA) is 69.7 Å². The summed E-state index contributed by atoms with van der Waals surface area (Å²) < 4.78 is 13.1. The zero-order valence-electron chi connectivity index (χ0n) is 14.5. The molecule has 1 fully saturated rings. The molecule has 138 valence electrons. The molecule has 2 aromatic carbocycles. The van der Waals surface area contributed by atoms with Crippen molar-refractivity contribution >= 4 is 29.2 Å². The average molecular weight is 367 g/mol. The second kappa shape index (κ2) is 7.82. The number of imide groups is 1. The normalized spacial score (nSPS) is 16.3. The maximum absolute atomic E-state index is 13.1. The minimum atomic E-state index is -0.954. The highest BCUT2D eigenvalue weighted by atomic mass is 19.1. The highest BCUT2D eigenvalue weighted by Crippen LogP contribution is 2.26. The molecule has 0 aliphatic carbocycles. The Kier molecular flexibility index (Phi) is 5.30. The van der Waals surface area contributed by atoms with Crippen LogP contribution < -0.4 is 10.2 Å². The molecule has 1 atom stereocenters. The molecule has 0 aromatic heterocycles. The summed E-state index contributed by atoms with van der Waals surface area (Å²) >= 11 is 0. The molecule has 7 heteroatoms. The average Bonchev–Trinajstić information content (AvgIpc) is 2.95. The van der Waals surface area contributed by atoms with Gasteiger partial charge in [-0.2, -0.15) is 0 Å². The monoisotopic (exact) mass is 367 g/mol. The predicted molar refractivity (Wildman–Crippen MR) is 99.7 cm³/mol. The summed E-state index contributed by atoms with van der Waals surface area (Å²) in [4.78, 5) is 40.1. The van der Waals surface area contributed by atoms with Crippen LogP contribution in [0, 0.1) is 5.82 Å². The summed E-state index contributed by atoms with van der Waals surface area (Å²) in [6.07, 6.45) is 1.34. The summed E-state index contributed by atoms with van der Waals surface area (Å²) in [5.74, 6) is -1.44. The molecule has 1 heterocycles. The Bertz CT molecular complexity index is 868. The maximum atomic E-state index is 13.1. The Balaban J connectivity index is 1.82. The largest absolute Gasteiger partial charge is 0.322 e. The number of rotatable bonds is 5. The van der Waals surface area contributed by atoms with Crippen LogP contribution in [-0.2, 0) is 9.59 Å². The summed E-state index contributed by atoms with van der Waals surface area (Å²) in [5.41, 5.74) is 0.847. The van der Waals surface area contributed by atoms with E-state index in [4.69, 9.17) is 0 Å². The molecular weight excluding hydrogens is 349 g/mol. The van der Waals surface area contributed by atoms with Crippen molar-refractivity contribution < 1.29 is 18.8 Å². The zero-order chi connectivity index (χ0) is 19.4. The summed E-state index contributed by atoms with van der Waals surface area (Å²) in [7, 11) is 0. The molecule has 1 saturated heterocycles. The first-order valence-corrected chi connectivity index (χ1v) is 8.37. The Labute approximate surface area is 155 Å². The van der Waals surface area contributed by atoms with E-state index in [1.807, 2.05) is 6.07 Å². The second-order valence-corrected chi connectivity index (χ2v) is 6.00.